The van der Waals surface area contributed by atoms with E-state index < -0.39 is 0 Å². The second kappa shape index (κ2) is 6.17. The van der Waals surface area contributed by atoms with Crippen LogP contribution < -0.4 is 9.91 Å². The average molecular weight is 324 g/mol. The number of para-hydroxylation sites is 2. The van der Waals surface area contributed by atoms with Crippen LogP contribution in [0.2, 0.25) is 0 Å². The maximum Gasteiger partial charge on any atom is 0.0808 e. The van der Waals surface area contributed by atoms with Gasteiger partial charge in [-0.15, -0.1) is 0 Å². The molecule has 2 aromatic rings. The lowest BCUT2D eigenvalue weighted by atomic mass is 9.86. The molecule has 4 nitrogen and oxygen atoms in total. The van der Waals surface area contributed by atoms with Gasteiger partial charge in [-0.25, -0.2) is 0 Å². The van der Waals surface area contributed by atoms with Crippen molar-refractivity contribution in [2.24, 2.45) is 5.92 Å². The van der Waals surface area contributed by atoms with E-state index in [1.165, 1.54) is 42.9 Å². The SMILES string of the molecule is CN(C)CCC1CCN2c3ccccc3N(C)n3cccc3C2C1. The first-order valence-corrected chi connectivity index (χ1v) is 9.07. The maximum absolute atomic E-state index is 2.64. The van der Waals surface area contributed by atoms with Crippen molar-refractivity contribution in [3.8, 4) is 0 Å². The molecule has 0 N–H and O–H groups in total. The van der Waals surface area contributed by atoms with E-state index in [1.54, 1.807) is 0 Å². The molecule has 2 aliphatic heterocycles. The van der Waals surface area contributed by atoms with Crippen molar-refractivity contribution in [3.05, 3.63) is 48.3 Å². The van der Waals surface area contributed by atoms with Crippen LogP contribution in [0, 0.1) is 5.92 Å². The third kappa shape index (κ3) is 2.59. The van der Waals surface area contributed by atoms with E-state index in [2.05, 4.69) is 83.2 Å². The van der Waals surface area contributed by atoms with E-state index in [9.17, 15) is 0 Å². The van der Waals surface area contributed by atoms with Crippen LogP contribution in [0.25, 0.3) is 0 Å². The lowest BCUT2D eigenvalue weighted by molar-refractivity contribution is 0.282. The van der Waals surface area contributed by atoms with Crippen molar-refractivity contribution in [2.75, 3.05) is 44.1 Å². The van der Waals surface area contributed by atoms with Gasteiger partial charge in [0, 0.05) is 19.8 Å². The number of piperidine rings is 1. The quantitative estimate of drug-likeness (QED) is 0.857. The highest BCUT2D eigenvalue weighted by atomic mass is 15.6. The molecular weight excluding hydrogens is 296 g/mol. The number of benzene rings is 1. The summed E-state index contributed by atoms with van der Waals surface area (Å²) < 4.78 is 2.33. The highest BCUT2D eigenvalue weighted by molar-refractivity contribution is 5.73. The monoisotopic (exact) mass is 324 g/mol. The molecule has 0 amide bonds. The molecule has 1 saturated heterocycles. The van der Waals surface area contributed by atoms with Crippen molar-refractivity contribution in [1.82, 2.24) is 9.58 Å². The zero-order valence-corrected chi connectivity index (χ0v) is 15.0. The Hall–Kier alpha value is -1.94. The van der Waals surface area contributed by atoms with E-state index in [0.717, 1.165) is 12.5 Å². The van der Waals surface area contributed by atoms with E-state index in [-0.39, 0.29) is 0 Å². The summed E-state index contributed by atoms with van der Waals surface area (Å²) in [6.45, 7) is 2.34. The van der Waals surface area contributed by atoms with Gasteiger partial charge in [-0.05, 0) is 70.1 Å². The van der Waals surface area contributed by atoms with Crippen LogP contribution >= 0.6 is 0 Å². The molecule has 1 fully saturated rings. The van der Waals surface area contributed by atoms with Crippen LogP contribution in [-0.4, -0.2) is 43.8 Å². The Balaban J connectivity index is 1.70. The van der Waals surface area contributed by atoms with Crippen LogP contribution in [0.4, 0.5) is 11.4 Å². The zero-order chi connectivity index (χ0) is 16.7. The number of hydrogen-bond acceptors (Lipinski definition) is 3. The first-order valence-electron chi connectivity index (χ1n) is 9.07. The van der Waals surface area contributed by atoms with Gasteiger partial charge < -0.3 is 9.80 Å². The largest absolute Gasteiger partial charge is 0.361 e. The number of hydrogen-bond donors (Lipinski definition) is 0. The van der Waals surface area contributed by atoms with Gasteiger partial charge in [-0.1, -0.05) is 12.1 Å². The fraction of sp³-hybridized carbons (Fsp3) is 0.500. The average Bonchev–Trinajstić information content (AvgIpc) is 3.05. The topological polar surface area (TPSA) is 14.7 Å². The van der Waals surface area contributed by atoms with Gasteiger partial charge in [0.1, 0.15) is 0 Å². The number of aromatic nitrogens is 1. The van der Waals surface area contributed by atoms with Gasteiger partial charge in [-0.3, -0.25) is 9.69 Å². The first-order chi connectivity index (χ1) is 11.6. The molecule has 24 heavy (non-hydrogen) atoms. The summed E-state index contributed by atoms with van der Waals surface area (Å²) in [5, 5.41) is 2.29. The standard InChI is InChI=1S/C20H28N4/c1-21(2)13-10-16-11-14-23-18-8-5-4-7-17(18)22(3)24-12-6-9-19(24)20(23)15-16/h4-9,12,16,20H,10-11,13-15H2,1-3H3. The molecule has 0 bridgehead atoms. The van der Waals surface area contributed by atoms with Gasteiger partial charge in [0.2, 0.25) is 0 Å². The molecule has 2 atom stereocenters. The second-order valence-electron chi connectivity index (χ2n) is 7.48. The van der Waals surface area contributed by atoms with E-state index >= 15 is 0 Å². The summed E-state index contributed by atoms with van der Waals surface area (Å²) in [7, 11) is 6.53. The number of anilines is 2. The van der Waals surface area contributed by atoms with Gasteiger partial charge >= 0.3 is 0 Å². The van der Waals surface area contributed by atoms with Crippen molar-refractivity contribution in [2.45, 2.75) is 25.3 Å². The number of fused-ring (bicyclic) bond motifs is 5. The number of rotatable bonds is 3. The van der Waals surface area contributed by atoms with Gasteiger partial charge in [-0.2, -0.15) is 0 Å². The summed E-state index contributed by atoms with van der Waals surface area (Å²) >= 11 is 0. The molecule has 0 saturated carbocycles. The lowest BCUT2D eigenvalue weighted by Crippen LogP contribution is -2.37. The molecule has 4 heteroatoms. The molecule has 2 unspecified atom stereocenters. The Morgan fingerprint density at radius 3 is 2.67 bits per heavy atom. The van der Waals surface area contributed by atoms with E-state index in [1.807, 2.05) is 0 Å². The van der Waals surface area contributed by atoms with Crippen molar-refractivity contribution in [3.63, 3.8) is 0 Å². The third-order valence-electron chi connectivity index (χ3n) is 5.66. The number of nitrogens with zero attached hydrogens (tertiary/aromatic N) is 4. The normalized spacial score (nSPS) is 22.8. The summed E-state index contributed by atoms with van der Waals surface area (Å²) in [4.78, 5) is 4.95. The first kappa shape index (κ1) is 15.6. The van der Waals surface area contributed by atoms with Gasteiger partial charge in [0.25, 0.3) is 0 Å². The highest BCUT2D eigenvalue weighted by Crippen LogP contribution is 2.44. The van der Waals surface area contributed by atoms with Crippen molar-refractivity contribution >= 4 is 11.4 Å². The van der Waals surface area contributed by atoms with Crippen LogP contribution in [0.5, 0.6) is 0 Å². The fourth-order valence-corrected chi connectivity index (χ4v) is 4.33. The molecule has 0 spiro atoms. The van der Waals surface area contributed by atoms with Crippen LogP contribution in [0.1, 0.15) is 31.0 Å². The van der Waals surface area contributed by atoms with Crippen LogP contribution in [-0.2, 0) is 0 Å². The third-order valence-corrected chi connectivity index (χ3v) is 5.66. The predicted molar refractivity (Wildman–Crippen MR) is 101 cm³/mol. The molecule has 0 aliphatic carbocycles. The summed E-state index contributed by atoms with van der Waals surface area (Å²) in [5.74, 6) is 0.813. The summed E-state index contributed by atoms with van der Waals surface area (Å²) in [5.41, 5.74) is 4.09. The Morgan fingerprint density at radius 2 is 1.88 bits per heavy atom. The minimum Gasteiger partial charge on any atom is -0.361 e. The van der Waals surface area contributed by atoms with E-state index in [4.69, 9.17) is 0 Å². The van der Waals surface area contributed by atoms with Crippen LogP contribution in [0.3, 0.4) is 0 Å². The van der Waals surface area contributed by atoms with Crippen molar-refractivity contribution in [1.29, 1.82) is 0 Å². The Kier molecular flexibility index (Phi) is 4.01. The smallest absolute Gasteiger partial charge is 0.0808 e. The fourth-order valence-electron chi connectivity index (χ4n) is 4.33. The van der Waals surface area contributed by atoms with Crippen molar-refractivity contribution < 1.29 is 0 Å². The molecule has 2 aliphatic rings. The zero-order valence-electron chi connectivity index (χ0n) is 15.0. The minimum absolute atomic E-state index is 0.479. The molecule has 0 radical (unpaired) electrons. The highest BCUT2D eigenvalue weighted by Gasteiger charge is 2.35. The summed E-state index contributed by atoms with van der Waals surface area (Å²) in [6, 6.07) is 13.8. The predicted octanol–water partition coefficient (Wildman–Crippen LogP) is 3.61. The molecule has 4 rings (SSSR count). The van der Waals surface area contributed by atoms with Gasteiger partial charge in [0.15, 0.2) is 0 Å². The van der Waals surface area contributed by atoms with E-state index in [0.29, 0.717) is 6.04 Å². The molecule has 1 aromatic heterocycles. The molecule has 128 valence electrons. The Labute approximate surface area is 145 Å². The van der Waals surface area contributed by atoms with Gasteiger partial charge in [0.05, 0.1) is 23.1 Å². The molecule has 3 heterocycles. The lowest BCUT2D eigenvalue weighted by Gasteiger charge is -2.40. The Bertz CT molecular complexity index is 705. The Morgan fingerprint density at radius 1 is 1.08 bits per heavy atom. The van der Waals surface area contributed by atoms with Crippen LogP contribution in [0.15, 0.2) is 42.6 Å². The molecule has 1 aromatic carbocycles. The molecular formula is C20H28N4. The minimum atomic E-state index is 0.479. The maximum atomic E-state index is 2.64. The second-order valence-corrected chi connectivity index (χ2v) is 7.48. The summed E-state index contributed by atoms with van der Waals surface area (Å²) in [6.07, 6.45) is 6.04.